The molecule has 0 aliphatic carbocycles. The maximum absolute atomic E-state index is 12.3. The highest BCUT2D eigenvalue weighted by atomic mass is 35.5. The minimum Gasteiger partial charge on any atom is -0.506 e. The molecule has 2 atom stereocenters. The molecule has 0 bridgehead atoms. The second-order valence-corrected chi connectivity index (χ2v) is 10.1. The molecule has 0 aliphatic heterocycles. The quantitative estimate of drug-likeness (QED) is 0.196. The smallest absolute Gasteiger partial charge is 0.248 e. The monoisotopic (exact) mass is 553 g/mol. The number of phenolic OH excluding ortho intramolecular Hbond substituents is 1. The summed E-state index contributed by atoms with van der Waals surface area (Å²) >= 11 is 12.0. The fourth-order valence-corrected chi connectivity index (χ4v) is 4.61. The number of aromatic nitrogens is 1. The number of aliphatic hydroxyl groups excluding tert-OH is 1. The zero-order valence-electron chi connectivity index (χ0n) is 20.8. The van der Waals surface area contributed by atoms with Gasteiger partial charge in [0.25, 0.3) is 0 Å². The van der Waals surface area contributed by atoms with Crippen LogP contribution in [-0.2, 0) is 24.2 Å². The normalized spacial score (nSPS) is 12.8. The van der Waals surface area contributed by atoms with Crippen LogP contribution in [0.15, 0.2) is 71.5 Å². The van der Waals surface area contributed by atoms with E-state index in [9.17, 15) is 19.8 Å². The van der Waals surface area contributed by atoms with Crippen molar-refractivity contribution in [1.82, 2.24) is 15.6 Å². The number of halogens is 2. The predicted molar refractivity (Wildman–Crippen MR) is 151 cm³/mol. The van der Waals surface area contributed by atoms with E-state index in [0.29, 0.717) is 39.6 Å². The Morgan fingerprint density at radius 1 is 0.947 bits per heavy atom. The van der Waals surface area contributed by atoms with E-state index in [1.165, 1.54) is 12.1 Å². The van der Waals surface area contributed by atoms with Crippen LogP contribution in [0.2, 0.25) is 10.0 Å². The second-order valence-electron chi connectivity index (χ2n) is 9.33. The van der Waals surface area contributed by atoms with E-state index in [-0.39, 0.29) is 29.7 Å². The predicted octanol–water partition coefficient (Wildman–Crippen LogP) is 4.65. The summed E-state index contributed by atoms with van der Waals surface area (Å²) in [7, 11) is 0. The van der Waals surface area contributed by atoms with Crippen LogP contribution in [0.3, 0.4) is 0 Å². The third-order valence-corrected chi connectivity index (χ3v) is 7.07. The number of pyridine rings is 1. The zero-order valence-corrected chi connectivity index (χ0v) is 22.3. The lowest BCUT2D eigenvalue weighted by Crippen LogP contribution is -2.32. The summed E-state index contributed by atoms with van der Waals surface area (Å²) in [5.74, 6) is -0.124. The topological polar surface area (TPSA) is 114 Å². The largest absolute Gasteiger partial charge is 0.506 e. The van der Waals surface area contributed by atoms with Crippen molar-refractivity contribution in [2.24, 2.45) is 0 Å². The second kappa shape index (κ2) is 12.5. The molecule has 38 heavy (non-hydrogen) atoms. The number of aliphatic hydroxyl groups is 1. The molecule has 7 nitrogen and oxygen atoms in total. The van der Waals surface area contributed by atoms with Gasteiger partial charge in [-0.3, -0.25) is 9.59 Å². The van der Waals surface area contributed by atoms with Gasteiger partial charge < -0.3 is 25.8 Å². The first-order valence-electron chi connectivity index (χ1n) is 12.2. The van der Waals surface area contributed by atoms with Gasteiger partial charge in [0.05, 0.1) is 28.1 Å². The maximum Gasteiger partial charge on any atom is 0.248 e. The van der Waals surface area contributed by atoms with Crippen LogP contribution in [0.25, 0.3) is 10.9 Å². The van der Waals surface area contributed by atoms with Crippen molar-refractivity contribution >= 4 is 40.0 Å². The van der Waals surface area contributed by atoms with Crippen LogP contribution in [0.4, 0.5) is 0 Å². The Morgan fingerprint density at radius 2 is 1.66 bits per heavy atom. The maximum atomic E-state index is 12.3. The molecule has 0 spiro atoms. The van der Waals surface area contributed by atoms with Crippen molar-refractivity contribution in [3.8, 4) is 5.75 Å². The number of aromatic hydroxyl groups is 1. The first kappa shape index (κ1) is 27.7. The molecule has 5 N–H and O–H groups in total. The lowest BCUT2D eigenvalue weighted by Gasteiger charge is -2.19. The van der Waals surface area contributed by atoms with Gasteiger partial charge in [-0.05, 0) is 59.9 Å². The number of phenols is 1. The van der Waals surface area contributed by atoms with Gasteiger partial charge >= 0.3 is 0 Å². The van der Waals surface area contributed by atoms with Gasteiger partial charge in [0.15, 0.2) is 0 Å². The van der Waals surface area contributed by atoms with E-state index in [4.69, 9.17) is 23.2 Å². The Bertz CT molecular complexity index is 1490. The molecule has 0 aliphatic rings. The summed E-state index contributed by atoms with van der Waals surface area (Å²) < 4.78 is 0. The number of amides is 1. The first-order chi connectivity index (χ1) is 18.2. The summed E-state index contributed by atoms with van der Waals surface area (Å²) in [4.78, 5) is 26.6. The van der Waals surface area contributed by atoms with Crippen molar-refractivity contribution in [2.45, 2.75) is 38.5 Å². The van der Waals surface area contributed by atoms with Crippen LogP contribution in [0.5, 0.6) is 5.75 Å². The van der Waals surface area contributed by atoms with Crippen molar-refractivity contribution in [3.05, 3.63) is 109 Å². The molecule has 4 aromatic rings. The lowest BCUT2D eigenvalue weighted by molar-refractivity contribution is -0.120. The highest BCUT2D eigenvalue weighted by Crippen LogP contribution is 2.28. The number of H-pyrrole nitrogens is 1. The molecular weight excluding hydrogens is 525 g/mol. The zero-order chi connectivity index (χ0) is 27.2. The minimum absolute atomic E-state index is 0.0395. The molecule has 0 unspecified atom stereocenters. The van der Waals surface area contributed by atoms with Crippen LogP contribution >= 0.6 is 23.2 Å². The standard InChI is InChI=1S/C29H29Cl2N3O4/c1-17(32-16-26(36)21-7-10-25(35)29-22(21)8-11-27(37)34-29)12-18-2-4-19(5-3-18)14-28(38)33-15-20-6-9-23(30)24(31)13-20/h2-11,13,17,26,32,35-36H,12,14-16H2,1H3,(H,33,38)(H,34,37)/t17-,26+/m1/s1. The Morgan fingerprint density at radius 3 is 2.39 bits per heavy atom. The third-order valence-electron chi connectivity index (χ3n) is 6.33. The number of nitrogens with one attached hydrogen (secondary N) is 3. The Hall–Kier alpha value is -3.36. The van der Waals surface area contributed by atoms with Crippen LogP contribution in [0.1, 0.15) is 35.3 Å². The van der Waals surface area contributed by atoms with E-state index < -0.39 is 6.10 Å². The van der Waals surface area contributed by atoms with Gasteiger partial charge in [0.2, 0.25) is 11.5 Å². The number of hydrogen-bond donors (Lipinski definition) is 5. The van der Waals surface area contributed by atoms with Crippen LogP contribution in [0, 0.1) is 0 Å². The van der Waals surface area contributed by atoms with Crippen LogP contribution in [-0.4, -0.2) is 33.7 Å². The summed E-state index contributed by atoms with van der Waals surface area (Å²) in [5, 5.41) is 28.6. The number of benzene rings is 3. The minimum atomic E-state index is -0.823. The summed E-state index contributed by atoms with van der Waals surface area (Å²) in [5.41, 5.74) is 3.51. The van der Waals surface area contributed by atoms with Crippen molar-refractivity contribution in [3.63, 3.8) is 0 Å². The number of fused-ring (bicyclic) bond motifs is 1. The summed E-state index contributed by atoms with van der Waals surface area (Å²) in [6, 6.07) is 19.3. The van der Waals surface area contributed by atoms with E-state index in [2.05, 4.69) is 15.6 Å². The summed E-state index contributed by atoms with van der Waals surface area (Å²) in [6.45, 7) is 2.71. The molecule has 1 aromatic heterocycles. The van der Waals surface area contributed by atoms with E-state index in [0.717, 1.165) is 23.1 Å². The molecule has 0 fully saturated rings. The first-order valence-corrected chi connectivity index (χ1v) is 13.0. The lowest BCUT2D eigenvalue weighted by atomic mass is 10.0. The molecule has 3 aromatic carbocycles. The molecule has 1 amide bonds. The van der Waals surface area contributed by atoms with Gasteiger partial charge in [0, 0.05) is 30.6 Å². The van der Waals surface area contributed by atoms with Crippen molar-refractivity contribution in [2.75, 3.05) is 6.54 Å². The van der Waals surface area contributed by atoms with Gasteiger partial charge in [0.1, 0.15) is 5.75 Å². The van der Waals surface area contributed by atoms with Gasteiger partial charge in [-0.1, -0.05) is 59.6 Å². The number of aromatic amines is 1. The Kier molecular flexibility index (Phi) is 9.07. The molecule has 0 radical (unpaired) electrons. The van der Waals surface area contributed by atoms with Crippen molar-refractivity contribution in [1.29, 1.82) is 0 Å². The van der Waals surface area contributed by atoms with Gasteiger partial charge in [-0.2, -0.15) is 0 Å². The fraction of sp³-hybridized carbons (Fsp3) is 0.241. The highest BCUT2D eigenvalue weighted by molar-refractivity contribution is 6.42. The highest BCUT2D eigenvalue weighted by Gasteiger charge is 2.15. The van der Waals surface area contributed by atoms with E-state index in [1.54, 1.807) is 24.3 Å². The molecule has 4 rings (SSSR count). The summed E-state index contributed by atoms with van der Waals surface area (Å²) in [6.07, 6.45) is 0.185. The molecule has 0 saturated carbocycles. The van der Waals surface area contributed by atoms with E-state index in [1.807, 2.05) is 37.3 Å². The fourth-order valence-electron chi connectivity index (χ4n) is 4.29. The van der Waals surface area contributed by atoms with Gasteiger partial charge in [-0.15, -0.1) is 0 Å². The number of hydrogen-bond acceptors (Lipinski definition) is 5. The SMILES string of the molecule is C[C@H](Cc1ccc(CC(=O)NCc2ccc(Cl)c(Cl)c2)cc1)NC[C@H](O)c1ccc(O)c2[nH]c(=O)ccc12. The van der Waals surface area contributed by atoms with Gasteiger partial charge in [-0.25, -0.2) is 0 Å². The molecule has 198 valence electrons. The van der Waals surface area contributed by atoms with E-state index >= 15 is 0 Å². The molecule has 9 heteroatoms. The number of carbonyl (C=O) groups is 1. The number of rotatable bonds is 10. The number of carbonyl (C=O) groups excluding carboxylic acids is 1. The average Bonchev–Trinajstić information content (AvgIpc) is 2.89. The molecular formula is C29H29Cl2N3O4. The molecule has 1 heterocycles. The van der Waals surface area contributed by atoms with Crippen LogP contribution < -0.4 is 16.2 Å². The third kappa shape index (κ3) is 7.14. The Labute approximate surface area is 230 Å². The molecule has 0 saturated heterocycles. The van der Waals surface area contributed by atoms with Crippen molar-refractivity contribution < 1.29 is 15.0 Å². The Balaban J connectivity index is 1.26. The average molecular weight is 554 g/mol.